The van der Waals surface area contributed by atoms with Crippen molar-refractivity contribution >= 4 is 18.8 Å². The highest BCUT2D eigenvalue weighted by Crippen LogP contribution is 2.05. The molecule has 0 heterocycles. The SMILES string of the molecule is C=CN/C=C(/N)C=NC(CS)CCCC. The zero-order valence-electron chi connectivity index (χ0n) is 9.32. The van der Waals surface area contributed by atoms with E-state index < -0.39 is 0 Å². The van der Waals surface area contributed by atoms with E-state index in [4.69, 9.17) is 5.73 Å². The third kappa shape index (κ3) is 8.12. The molecular weight excluding hydrogens is 206 g/mol. The van der Waals surface area contributed by atoms with Crippen LogP contribution in [0.1, 0.15) is 26.2 Å². The van der Waals surface area contributed by atoms with Crippen LogP contribution < -0.4 is 11.1 Å². The van der Waals surface area contributed by atoms with E-state index in [1.807, 2.05) is 0 Å². The lowest BCUT2D eigenvalue weighted by Gasteiger charge is -2.07. The van der Waals surface area contributed by atoms with Gasteiger partial charge in [0, 0.05) is 18.2 Å². The van der Waals surface area contributed by atoms with Crippen LogP contribution in [0.2, 0.25) is 0 Å². The zero-order valence-corrected chi connectivity index (χ0v) is 10.2. The Morgan fingerprint density at radius 2 is 2.40 bits per heavy atom. The molecule has 0 saturated carbocycles. The molecule has 0 spiro atoms. The standard InChI is InChI=1S/C11H21N3S/c1-3-5-6-11(9-15)14-8-10(12)7-13-4-2/h4,7-8,11,13,15H,2-3,5-6,9,12H2,1H3/b10-7+,14-8?. The van der Waals surface area contributed by atoms with Gasteiger partial charge in [0.05, 0.1) is 11.7 Å². The first-order valence-corrected chi connectivity index (χ1v) is 5.84. The van der Waals surface area contributed by atoms with Crippen LogP contribution in [0.3, 0.4) is 0 Å². The second-order valence-corrected chi connectivity index (χ2v) is 3.64. The maximum absolute atomic E-state index is 5.67. The van der Waals surface area contributed by atoms with Gasteiger partial charge < -0.3 is 11.1 Å². The summed E-state index contributed by atoms with van der Waals surface area (Å²) in [6.45, 7) is 5.68. The van der Waals surface area contributed by atoms with Crippen molar-refractivity contribution in [3.63, 3.8) is 0 Å². The van der Waals surface area contributed by atoms with E-state index in [0.29, 0.717) is 5.70 Å². The van der Waals surface area contributed by atoms with Crippen molar-refractivity contribution in [2.75, 3.05) is 5.75 Å². The molecule has 0 aliphatic heterocycles. The van der Waals surface area contributed by atoms with Crippen LogP contribution in [0.4, 0.5) is 0 Å². The maximum atomic E-state index is 5.67. The third-order valence-corrected chi connectivity index (χ3v) is 2.33. The van der Waals surface area contributed by atoms with Crippen LogP contribution in [-0.4, -0.2) is 18.0 Å². The highest BCUT2D eigenvalue weighted by Gasteiger charge is 2.01. The fourth-order valence-corrected chi connectivity index (χ4v) is 1.31. The van der Waals surface area contributed by atoms with Crippen LogP contribution in [0.5, 0.6) is 0 Å². The van der Waals surface area contributed by atoms with Crippen molar-refractivity contribution in [1.82, 2.24) is 5.32 Å². The summed E-state index contributed by atoms with van der Waals surface area (Å²) < 4.78 is 0. The largest absolute Gasteiger partial charge is 0.396 e. The zero-order chi connectivity index (χ0) is 11.5. The lowest BCUT2D eigenvalue weighted by atomic mass is 10.1. The summed E-state index contributed by atoms with van der Waals surface area (Å²) in [6.07, 6.45) is 8.33. The monoisotopic (exact) mass is 227 g/mol. The van der Waals surface area contributed by atoms with E-state index in [2.05, 4.69) is 36.4 Å². The quantitative estimate of drug-likeness (QED) is 0.439. The van der Waals surface area contributed by atoms with Crippen molar-refractivity contribution in [3.8, 4) is 0 Å². The molecule has 0 bridgehead atoms. The smallest absolute Gasteiger partial charge is 0.0658 e. The second kappa shape index (κ2) is 9.65. The summed E-state index contributed by atoms with van der Waals surface area (Å²) in [6, 6.07) is 0.268. The van der Waals surface area contributed by atoms with Crippen LogP contribution in [0, 0.1) is 0 Å². The number of aliphatic imine (C=N–C) groups is 1. The van der Waals surface area contributed by atoms with Gasteiger partial charge in [0.25, 0.3) is 0 Å². The molecule has 1 atom stereocenters. The topological polar surface area (TPSA) is 50.4 Å². The summed E-state index contributed by atoms with van der Waals surface area (Å²) in [5.74, 6) is 0.763. The number of thiol groups is 1. The minimum atomic E-state index is 0.268. The van der Waals surface area contributed by atoms with Gasteiger partial charge in [-0.25, -0.2) is 0 Å². The van der Waals surface area contributed by atoms with E-state index >= 15 is 0 Å². The number of allylic oxidation sites excluding steroid dienone is 1. The van der Waals surface area contributed by atoms with Crippen molar-refractivity contribution in [3.05, 3.63) is 24.7 Å². The van der Waals surface area contributed by atoms with Gasteiger partial charge in [-0.05, 0) is 12.6 Å². The summed E-state index contributed by atoms with van der Waals surface area (Å²) in [5.41, 5.74) is 6.26. The third-order valence-electron chi connectivity index (χ3n) is 1.90. The average Bonchev–Trinajstić information content (AvgIpc) is 2.26. The molecule has 1 unspecified atom stereocenters. The molecule has 0 rings (SSSR count). The van der Waals surface area contributed by atoms with E-state index in [9.17, 15) is 0 Å². The minimum Gasteiger partial charge on any atom is -0.396 e. The lowest BCUT2D eigenvalue weighted by Crippen LogP contribution is -2.10. The van der Waals surface area contributed by atoms with Gasteiger partial charge in [0.2, 0.25) is 0 Å². The summed E-state index contributed by atoms with van der Waals surface area (Å²) >= 11 is 4.26. The Balaban J connectivity index is 4.03. The average molecular weight is 227 g/mol. The first-order valence-electron chi connectivity index (χ1n) is 5.21. The van der Waals surface area contributed by atoms with E-state index in [0.717, 1.165) is 12.2 Å². The molecule has 3 nitrogen and oxygen atoms in total. The summed E-state index contributed by atoms with van der Waals surface area (Å²) in [7, 11) is 0. The molecule has 15 heavy (non-hydrogen) atoms. The molecule has 0 amide bonds. The van der Waals surface area contributed by atoms with Crippen molar-refractivity contribution in [2.45, 2.75) is 32.2 Å². The number of nitrogens with two attached hydrogens (primary N) is 1. The number of rotatable bonds is 8. The first kappa shape index (κ1) is 14.1. The second-order valence-electron chi connectivity index (χ2n) is 3.27. The van der Waals surface area contributed by atoms with Crippen LogP contribution in [-0.2, 0) is 0 Å². The number of nitrogens with one attached hydrogen (secondary N) is 1. The number of hydrogen-bond acceptors (Lipinski definition) is 4. The molecule has 3 N–H and O–H groups in total. The fourth-order valence-electron chi connectivity index (χ4n) is 1.04. The van der Waals surface area contributed by atoms with E-state index in [1.54, 1.807) is 18.6 Å². The highest BCUT2D eigenvalue weighted by molar-refractivity contribution is 7.80. The molecule has 0 aliphatic carbocycles. The lowest BCUT2D eigenvalue weighted by molar-refractivity contribution is 0.626. The molecule has 0 saturated heterocycles. The Morgan fingerprint density at radius 3 is 2.93 bits per heavy atom. The Hall–Kier alpha value is -0.900. The predicted molar refractivity (Wildman–Crippen MR) is 71.3 cm³/mol. The van der Waals surface area contributed by atoms with E-state index in [-0.39, 0.29) is 6.04 Å². The molecule has 0 aromatic rings. The Labute approximate surface area is 97.9 Å². The molecular formula is C11H21N3S. The minimum absolute atomic E-state index is 0.268. The first-order chi connectivity index (χ1) is 7.24. The fraction of sp³-hybridized carbons (Fsp3) is 0.545. The Morgan fingerprint density at radius 1 is 1.67 bits per heavy atom. The molecule has 4 heteroatoms. The molecule has 0 aromatic carbocycles. The van der Waals surface area contributed by atoms with Crippen molar-refractivity contribution < 1.29 is 0 Å². The van der Waals surface area contributed by atoms with Crippen LogP contribution in [0.25, 0.3) is 0 Å². The van der Waals surface area contributed by atoms with Crippen molar-refractivity contribution in [2.24, 2.45) is 10.7 Å². The molecule has 0 fully saturated rings. The molecule has 0 aromatic heterocycles. The summed E-state index contributed by atoms with van der Waals surface area (Å²) in [4.78, 5) is 4.36. The molecule has 0 aliphatic rings. The van der Waals surface area contributed by atoms with Gasteiger partial charge in [-0.3, -0.25) is 4.99 Å². The van der Waals surface area contributed by atoms with Gasteiger partial charge in [-0.15, -0.1) is 0 Å². The van der Waals surface area contributed by atoms with Gasteiger partial charge >= 0.3 is 0 Å². The Bertz CT molecular complexity index is 224. The number of unbranched alkanes of at least 4 members (excludes halogenated alkanes) is 1. The highest BCUT2D eigenvalue weighted by atomic mass is 32.1. The van der Waals surface area contributed by atoms with Gasteiger partial charge in [0.15, 0.2) is 0 Å². The van der Waals surface area contributed by atoms with E-state index in [1.165, 1.54) is 12.8 Å². The van der Waals surface area contributed by atoms with Crippen molar-refractivity contribution in [1.29, 1.82) is 0 Å². The van der Waals surface area contributed by atoms with Gasteiger partial charge in [-0.2, -0.15) is 12.6 Å². The normalized spacial score (nSPS) is 14.1. The number of hydrogen-bond donors (Lipinski definition) is 3. The van der Waals surface area contributed by atoms with Gasteiger partial charge in [0.1, 0.15) is 0 Å². The molecule has 86 valence electrons. The summed E-state index contributed by atoms with van der Waals surface area (Å²) in [5, 5.41) is 2.80. The Kier molecular flexibility index (Phi) is 9.07. The van der Waals surface area contributed by atoms with Crippen LogP contribution in [0.15, 0.2) is 29.7 Å². The van der Waals surface area contributed by atoms with Gasteiger partial charge in [-0.1, -0.05) is 26.3 Å². The maximum Gasteiger partial charge on any atom is 0.0658 e. The predicted octanol–water partition coefficient (Wildman–Crippen LogP) is 2.08. The molecule has 0 radical (unpaired) electrons. The number of nitrogens with zero attached hydrogens (tertiary/aromatic N) is 1. The van der Waals surface area contributed by atoms with Crippen LogP contribution >= 0.6 is 12.6 Å².